The van der Waals surface area contributed by atoms with Crippen LogP contribution in [0.2, 0.25) is 0 Å². The fourth-order valence-electron chi connectivity index (χ4n) is 0.675. The highest BCUT2D eigenvalue weighted by molar-refractivity contribution is 8.01. The molecule has 0 aromatic heterocycles. The Balaban J connectivity index is 3.75. The second kappa shape index (κ2) is 4.39. The quantitative estimate of drug-likeness (QED) is 0.514. The average molecular weight is 183 g/mol. The molecule has 1 atom stereocenters. The molecule has 10 heavy (non-hydrogen) atoms. The van der Waals surface area contributed by atoms with E-state index in [1.54, 1.807) is 6.26 Å². The Bertz CT molecular complexity index is 140. The lowest BCUT2D eigenvalue weighted by Crippen LogP contribution is -2.07. The Labute approximate surface area is 66.2 Å². The van der Waals surface area contributed by atoms with E-state index in [-0.39, 0.29) is 5.92 Å². The van der Waals surface area contributed by atoms with Gasteiger partial charge in [0, 0.05) is 6.16 Å². The minimum Gasteiger partial charge on any atom is -0.333 e. The van der Waals surface area contributed by atoms with Crippen LogP contribution in [-0.2, 0) is 4.57 Å². The highest BCUT2D eigenvalue weighted by Crippen LogP contribution is 2.39. The zero-order valence-corrected chi connectivity index (χ0v) is 8.21. The van der Waals surface area contributed by atoms with E-state index < -0.39 is 7.52 Å². The van der Waals surface area contributed by atoms with Crippen molar-refractivity contribution in [1.29, 1.82) is 0 Å². The molecule has 0 aliphatic rings. The molecule has 0 aliphatic carbocycles. The third-order valence-corrected chi connectivity index (χ3v) is 3.94. The van der Waals surface area contributed by atoms with Gasteiger partial charge in [0.25, 0.3) is 7.52 Å². The molecule has 0 amide bonds. The second-order valence-corrected chi connectivity index (χ2v) is 5.48. The zero-order valence-electron chi connectivity index (χ0n) is 6.50. The Kier molecular flexibility index (Phi) is 4.61. The van der Waals surface area contributed by atoms with Crippen LogP contribution < -0.4 is 4.49 Å². The van der Waals surface area contributed by atoms with Crippen molar-refractivity contribution in [2.24, 2.45) is 5.92 Å². The van der Waals surface area contributed by atoms with Crippen LogP contribution in [-0.4, -0.2) is 17.3 Å². The van der Waals surface area contributed by atoms with E-state index in [1.807, 2.05) is 13.8 Å². The predicted molar refractivity (Wildman–Crippen MR) is 46.2 cm³/mol. The van der Waals surface area contributed by atoms with Gasteiger partial charge in [0.1, 0.15) is 0 Å². The Morgan fingerprint density at radius 2 is 2.20 bits per heavy atom. The maximum absolute atomic E-state index is 11.0. The summed E-state index contributed by atoms with van der Waals surface area (Å²) in [5.41, 5.74) is 0. The van der Waals surface area contributed by atoms with Crippen LogP contribution >= 0.6 is 19.5 Å². The molecular formula is C5H14NO2PS. The Morgan fingerprint density at radius 3 is 2.50 bits per heavy atom. The fraction of sp³-hybridized carbons (Fsp3) is 1.00. The van der Waals surface area contributed by atoms with Gasteiger partial charge in [-0.3, -0.25) is 4.57 Å². The first kappa shape index (κ1) is 10.5. The van der Waals surface area contributed by atoms with Gasteiger partial charge in [-0.2, -0.15) is 4.49 Å². The second-order valence-electron chi connectivity index (χ2n) is 2.57. The highest BCUT2D eigenvalue weighted by atomic mass is 32.2. The standard InChI is InChI=1S/C5H14NO2PS/c1-5(2)4-9(7,8)6-10-3/h5H,4H2,1-3H3,(H2,6,7,8). The molecule has 0 spiro atoms. The Morgan fingerprint density at radius 1 is 1.70 bits per heavy atom. The smallest absolute Gasteiger partial charge is 0.276 e. The minimum atomic E-state index is -3.04. The lowest BCUT2D eigenvalue weighted by atomic mass is 10.3. The van der Waals surface area contributed by atoms with Crippen LogP contribution in [0.3, 0.4) is 0 Å². The Hall–Kier alpha value is 0.500. The van der Waals surface area contributed by atoms with Crippen molar-refractivity contribution in [2.45, 2.75) is 13.8 Å². The molecule has 5 heteroatoms. The van der Waals surface area contributed by atoms with Crippen LogP contribution in [0.1, 0.15) is 13.8 Å². The maximum Gasteiger partial charge on any atom is 0.276 e. The number of nitrogens with one attached hydrogen (secondary N) is 1. The highest BCUT2D eigenvalue weighted by Gasteiger charge is 2.17. The van der Waals surface area contributed by atoms with Crippen LogP contribution in [0.25, 0.3) is 0 Å². The van der Waals surface area contributed by atoms with E-state index in [4.69, 9.17) is 4.89 Å². The van der Waals surface area contributed by atoms with E-state index in [0.29, 0.717) is 6.16 Å². The lowest BCUT2D eigenvalue weighted by molar-refractivity contribution is 0.466. The summed E-state index contributed by atoms with van der Waals surface area (Å²) in [4.78, 5) is 9.11. The summed E-state index contributed by atoms with van der Waals surface area (Å²) in [5.74, 6) is 0.260. The third kappa shape index (κ3) is 5.30. The lowest BCUT2D eigenvalue weighted by Gasteiger charge is -2.12. The van der Waals surface area contributed by atoms with Crippen molar-refractivity contribution >= 4 is 19.5 Å². The zero-order chi connectivity index (χ0) is 8.20. The van der Waals surface area contributed by atoms with Gasteiger partial charge < -0.3 is 4.89 Å². The van der Waals surface area contributed by atoms with E-state index in [2.05, 4.69) is 4.49 Å². The predicted octanol–water partition coefficient (Wildman–Crippen LogP) is 1.70. The van der Waals surface area contributed by atoms with Gasteiger partial charge in [0.2, 0.25) is 0 Å². The number of hydrogen-bond donors (Lipinski definition) is 2. The van der Waals surface area contributed by atoms with Crippen molar-refractivity contribution < 1.29 is 9.46 Å². The molecule has 62 valence electrons. The van der Waals surface area contributed by atoms with Gasteiger partial charge in [-0.15, -0.1) is 0 Å². The molecule has 0 saturated heterocycles. The van der Waals surface area contributed by atoms with Crippen molar-refractivity contribution in [3.8, 4) is 0 Å². The van der Waals surface area contributed by atoms with Crippen molar-refractivity contribution in [3.63, 3.8) is 0 Å². The van der Waals surface area contributed by atoms with E-state index >= 15 is 0 Å². The first-order chi connectivity index (χ1) is 4.48. The minimum absolute atomic E-state index is 0.260. The summed E-state index contributed by atoms with van der Waals surface area (Å²) in [6.07, 6.45) is 2.08. The summed E-state index contributed by atoms with van der Waals surface area (Å²) < 4.78 is 13.5. The molecule has 0 saturated carbocycles. The third-order valence-electron chi connectivity index (χ3n) is 0.847. The maximum atomic E-state index is 11.0. The van der Waals surface area contributed by atoms with E-state index in [0.717, 1.165) is 0 Å². The molecule has 0 aromatic carbocycles. The monoisotopic (exact) mass is 183 g/mol. The molecular weight excluding hydrogens is 169 g/mol. The topological polar surface area (TPSA) is 49.3 Å². The van der Waals surface area contributed by atoms with Gasteiger partial charge in [0.05, 0.1) is 0 Å². The largest absolute Gasteiger partial charge is 0.333 e. The van der Waals surface area contributed by atoms with E-state index in [1.165, 1.54) is 11.9 Å². The SMILES string of the molecule is CSNP(=O)(O)CC(C)C. The normalized spacial score (nSPS) is 17.3. The molecule has 0 radical (unpaired) electrons. The van der Waals surface area contributed by atoms with E-state index in [9.17, 15) is 4.57 Å². The van der Waals surface area contributed by atoms with Crippen molar-refractivity contribution in [3.05, 3.63) is 0 Å². The molecule has 0 bridgehead atoms. The summed E-state index contributed by atoms with van der Waals surface area (Å²) in [7, 11) is -3.04. The van der Waals surface area contributed by atoms with Crippen LogP contribution in [0.15, 0.2) is 0 Å². The average Bonchev–Trinajstić information content (AvgIpc) is 1.59. The summed E-state index contributed by atoms with van der Waals surface area (Å²) in [5, 5.41) is 0. The van der Waals surface area contributed by atoms with Crippen molar-refractivity contribution in [1.82, 2.24) is 4.49 Å². The molecule has 0 heterocycles. The fourth-order valence-corrected chi connectivity index (χ4v) is 3.10. The molecule has 0 aromatic rings. The molecule has 0 aliphatic heterocycles. The molecule has 3 nitrogen and oxygen atoms in total. The number of hydrogen-bond acceptors (Lipinski definition) is 2. The first-order valence-electron chi connectivity index (χ1n) is 3.10. The van der Waals surface area contributed by atoms with Crippen LogP contribution in [0.5, 0.6) is 0 Å². The molecule has 0 rings (SSSR count). The number of rotatable bonds is 4. The van der Waals surface area contributed by atoms with Crippen LogP contribution in [0.4, 0.5) is 0 Å². The molecule has 2 N–H and O–H groups in total. The summed E-state index contributed by atoms with van der Waals surface area (Å²) >= 11 is 1.19. The first-order valence-corrected chi connectivity index (χ1v) is 6.17. The van der Waals surface area contributed by atoms with Gasteiger partial charge >= 0.3 is 0 Å². The van der Waals surface area contributed by atoms with Gasteiger partial charge in [0.15, 0.2) is 0 Å². The summed E-state index contributed by atoms with van der Waals surface area (Å²) in [6.45, 7) is 3.84. The van der Waals surface area contributed by atoms with Gasteiger partial charge in [-0.05, 0) is 12.2 Å². The molecule has 0 fully saturated rings. The molecule has 1 unspecified atom stereocenters. The van der Waals surface area contributed by atoms with Crippen LogP contribution in [0, 0.1) is 5.92 Å². The van der Waals surface area contributed by atoms with Gasteiger partial charge in [-0.25, -0.2) is 0 Å². The van der Waals surface area contributed by atoms with Gasteiger partial charge in [-0.1, -0.05) is 25.8 Å². The van der Waals surface area contributed by atoms with Crippen molar-refractivity contribution in [2.75, 3.05) is 12.4 Å². The summed E-state index contributed by atoms with van der Waals surface area (Å²) in [6, 6.07) is 0.